The molecule has 0 bridgehead atoms. The maximum atomic E-state index is 13.5. The second-order valence-corrected chi connectivity index (χ2v) is 4.18. The summed E-state index contributed by atoms with van der Waals surface area (Å²) in [6.07, 6.45) is 0. The lowest BCUT2D eigenvalue weighted by Gasteiger charge is -2.04. The van der Waals surface area contributed by atoms with Gasteiger partial charge in [-0.1, -0.05) is 12.6 Å². The van der Waals surface area contributed by atoms with Gasteiger partial charge in [0.25, 0.3) is 0 Å². The lowest BCUT2D eigenvalue weighted by molar-refractivity contribution is 0.508. The van der Waals surface area contributed by atoms with Crippen LogP contribution in [0.3, 0.4) is 0 Å². The highest BCUT2D eigenvalue weighted by Crippen LogP contribution is 2.30. The van der Waals surface area contributed by atoms with E-state index in [1.165, 1.54) is 13.0 Å². The van der Waals surface area contributed by atoms with Gasteiger partial charge in [0.1, 0.15) is 0 Å². The first kappa shape index (κ1) is 12.7. The summed E-state index contributed by atoms with van der Waals surface area (Å²) in [5.74, 6) is -1.98. The molecule has 1 aromatic rings. The monoisotopic (exact) mass is 245 g/mol. The van der Waals surface area contributed by atoms with Gasteiger partial charge in [-0.2, -0.15) is 4.39 Å². The molecule has 0 amide bonds. The van der Waals surface area contributed by atoms with E-state index >= 15 is 0 Å². The largest absolute Gasteiger partial charge is 0.394 e. The normalized spacial score (nSPS) is 12.2. The van der Waals surface area contributed by atoms with E-state index in [9.17, 15) is 13.2 Å². The molecular weight excluding hydrogens is 235 g/mol. The molecule has 0 aliphatic carbocycles. The smallest absolute Gasteiger partial charge is 0.166 e. The summed E-state index contributed by atoms with van der Waals surface area (Å²) in [5, 5.41) is -0.488. The fourth-order valence-corrected chi connectivity index (χ4v) is 1.54. The zero-order chi connectivity index (χ0) is 12.3. The van der Waals surface area contributed by atoms with Crippen molar-refractivity contribution in [3.8, 4) is 0 Å². The van der Waals surface area contributed by atoms with Gasteiger partial charge in [-0.25, -0.2) is 8.78 Å². The number of thioether (sulfide) groups is 1. The van der Waals surface area contributed by atoms with Gasteiger partial charge in [0.2, 0.25) is 0 Å². The van der Waals surface area contributed by atoms with Gasteiger partial charge in [0.05, 0.1) is 5.03 Å². The molecule has 0 unspecified atom stereocenters. The van der Waals surface area contributed by atoms with E-state index in [2.05, 4.69) is 6.58 Å². The van der Waals surface area contributed by atoms with Crippen molar-refractivity contribution in [1.29, 1.82) is 0 Å². The van der Waals surface area contributed by atoms with E-state index in [-0.39, 0.29) is 16.2 Å². The lowest BCUT2D eigenvalue weighted by atomic mass is 10.1. The summed E-state index contributed by atoms with van der Waals surface area (Å²) >= 11 is 0.647. The third-order valence-electron chi connectivity index (χ3n) is 1.87. The summed E-state index contributed by atoms with van der Waals surface area (Å²) in [5.41, 5.74) is 5.68. The van der Waals surface area contributed by atoms with E-state index < -0.39 is 16.8 Å². The molecule has 16 heavy (non-hydrogen) atoms. The highest BCUT2D eigenvalue weighted by Gasteiger charge is 2.09. The quantitative estimate of drug-likeness (QED) is 0.876. The number of rotatable bonds is 3. The molecule has 0 spiro atoms. The average Bonchev–Trinajstić information content (AvgIpc) is 2.20. The van der Waals surface area contributed by atoms with Crippen LogP contribution in [0.5, 0.6) is 0 Å². The predicted molar refractivity (Wildman–Crippen MR) is 61.0 cm³/mol. The molecule has 2 N–H and O–H groups in total. The van der Waals surface area contributed by atoms with E-state index in [4.69, 9.17) is 5.73 Å². The number of hydrogen-bond acceptors (Lipinski definition) is 2. The SMILES string of the molecule is C=C(N)S/C(F)=C(\C)c1ccc(F)c(F)c1. The molecule has 0 saturated heterocycles. The van der Waals surface area contributed by atoms with Crippen LogP contribution in [-0.2, 0) is 0 Å². The Kier molecular flexibility index (Phi) is 4.06. The van der Waals surface area contributed by atoms with Crippen LogP contribution in [0.4, 0.5) is 13.2 Å². The predicted octanol–water partition coefficient (Wildman–Crippen LogP) is 3.79. The molecular formula is C11H10F3NS. The van der Waals surface area contributed by atoms with Gasteiger partial charge >= 0.3 is 0 Å². The molecule has 0 atom stereocenters. The molecule has 0 aromatic heterocycles. The second-order valence-electron chi connectivity index (χ2n) is 3.10. The van der Waals surface area contributed by atoms with E-state index in [0.29, 0.717) is 11.8 Å². The third-order valence-corrected chi connectivity index (χ3v) is 2.62. The molecule has 0 fully saturated rings. The Balaban J connectivity index is 3.08. The van der Waals surface area contributed by atoms with Crippen LogP contribution in [0.2, 0.25) is 0 Å². The second kappa shape index (κ2) is 5.12. The molecule has 1 rings (SSSR count). The highest BCUT2D eigenvalue weighted by atomic mass is 32.2. The topological polar surface area (TPSA) is 26.0 Å². The minimum absolute atomic E-state index is 0.0967. The van der Waals surface area contributed by atoms with E-state index in [1.807, 2.05) is 0 Å². The van der Waals surface area contributed by atoms with Crippen molar-refractivity contribution in [3.05, 3.63) is 52.2 Å². The van der Waals surface area contributed by atoms with Gasteiger partial charge in [0.15, 0.2) is 16.8 Å². The van der Waals surface area contributed by atoms with Gasteiger partial charge in [-0.15, -0.1) is 0 Å². The summed E-state index contributed by atoms with van der Waals surface area (Å²) in [4.78, 5) is 0. The van der Waals surface area contributed by atoms with Crippen molar-refractivity contribution in [2.45, 2.75) is 6.92 Å². The molecule has 0 aliphatic heterocycles. The first-order valence-electron chi connectivity index (χ1n) is 4.36. The van der Waals surface area contributed by atoms with Crippen LogP contribution in [0.15, 0.2) is 35.0 Å². The maximum absolute atomic E-state index is 13.5. The van der Waals surface area contributed by atoms with Gasteiger partial charge in [-0.3, -0.25) is 0 Å². The third kappa shape index (κ3) is 3.06. The number of hydrogen-bond donors (Lipinski definition) is 1. The van der Waals surface area contributed by atoms with Crippen LogP contribution in [-0.4, -0.2) is 0 Å². The Bertz CT molecular complexity index is 455. The first-order chi connectivity index (χ1) is 7.41. The molecule has 0 heterocycles. The van der Waals surface area contributed by atoms with Crippen LogP contribution < -0.4 is 5.73 Å². The van der Waals surface area contributed by atoms with Crippen molar-refractivity contribution in [2.75, 3.05) is 0 Å². The minimum atomic E-state index is -1.01. The summed E-state index contributed by atoms with van der Waals surface area (Å²) in [7, 11) is 0. The van der Waals surface area contributed by atoms with Gasteiger partial charge < -0.3 is 5.73 Å². The number of benzene rings is 1. The summed E-state index contributed by atoms with van der Waals surface area (Å²) < 4.78 is 39.0. The molecule has 0 radical (unpaired) electrons. The zero-order valence-electron chi connectivity index (χ0n) is 8.56. The van der Waals surface area contributed by atoms with Gasteiger partial charge in [-0.05, 0) is 42.0 Å². The van der Waals surface area contributed by atoms with Gasteiger partial charge in [0, 0.05) is 0 Å². The average molecular weight is 245 g/mol. The van der Waals surface area contributed by atoms with Crippen LogP contribution >= 0.6 is 11.8 Å². The fourth-order valence-electron chi connectivity index (χ4n) is 1.03. The highest BCUT2D eigenvalue weighted by molar-refractivity contribution is 8.06. The van der Waals surface area contributed by atoms with Crippen LogP contribution in [0.25, 0.3) is 5.57 Å². The Morgan fingerprint density at radius 2 is 1.94 bits per heavy atom. The standard InChI is InChI=1S/C11H10F3NS/c1-6(11(14)16-7(2)15)8-3-4-9(12)10(13)5-8/h3-5H,2,15H2,1H3/b11-6+. The number of halogens is 3. The molecule has 1 aromatic carbocycles. The Labute approximate surface area is 95.8 Å². The lowest BCUT2D eigenvalue weighted by Crippen LogP contribution is -1.91. The van der Waals surface area contributed by atoms with Crippen LogP contribution in [0, 0.1) is 11.6 Å². The number of allylic oxidation sites excluding steroid dienone is 1. The molecule has 1 nitrogen and oxygen atoms in total. The molecule has 86 valence electrons. The Hall–Kier alpha value is -1.36. The van der Waals surface area contributed by atoms with Crippen molar-refractivity contribution < 1.29 is 13.2 Å². The van der Waals surface area contributed by atoms with Crippen molar-refractivity contribution in [2.24, 2.45) is 5.73 Å². The Morgan fingerprint density at radius 3 is 2.44 bits per heavy atom. The molecule has 0 saturated carbocycles. The zero-order valence-corrected chi connectivity index (χ0v) is 9.38. The van der Waals surface area contributed by atoms with Crippen molar-refractivity contribution in [3.63, 3.8) is 0 Å². The minimum Gasteiger partial charge on any atom is -0.394 e. The Morgan fingerprint density at radius 1 is 1.31 bits per heavy atom. The van der Waals surface area contributed by atoms with Crippen LogP contribution in [0.1, 0.15) is 12.5 Å². The summed E-state index contributed by atoms with van der Waals surface area (Å²) in [6.45, 7) is 4.79. The van der Waals surface area contributed by atoms with E-state index in [0.717, 1.165) is 12.1 Å². The maximum Gasteiger partial charge on any atom is 0.166 e. The van der Waals surface area contributed by atoms with Crippen molar-refractivity contribution in [1.82, 2.24) is 0 Å². The van der Waals surface area contributed by atoms with Crippen molar-refractivity contribution >= 4 is 17.3 Å². The molecule has 0 aliphatic rings. The molecule has 5 heteroatoms. The van der Waals surface area contributed by atoms with E-state index in [1.54, 1.807) is 0 Å². The number of nitrogens with two attached hydrogens (primary N) is 1. The summed E-state index contributed by atoms with van der Waals surface area (Å²) in [6, 6.07) is 3.18. The first-order valence-corrected chi connectivity index (χ1v) is 5.17. The fraction of sp³-hybridized carbons (Fsp3) is 0.0909.